The Bertz CT molecular complexity index is 1000. The van der Waals surface area contributed by atoms with E-state index in [0.717, 1.165) is 33.6 Å². The number of carbonyl (C=O) groups is 1. The number of amides is 1. The topological polar surface area (TPSA) is 64.5 Å². The molecule has 0 aliphatic heterocycles. The predicted molar refractivity (Wildman–Crippen MR) is 119 cm³/mol. The Morgan fingerprint density at radius 1 is 1.03 bits per heavy atom. The van der Waals surface area contributed by atoms with E-state index in [2.05, 4.69) is 41.2 Å². The molecule has 0 aliphatic rings. The number of benzene rings is 2. The second kappa shape index (κ2) is 8.47. The number of carbonyl (C=O) groups excluding carboxylic acids is 1. The molecule has 29 heavy (non-hydrogen) atoms. The van der Waals surface area contributed by atoms with Crippen molar-refractivity contribution in [2.75, 3.05) is 24.8 Å². The maximum atomic E-state index is 11.8. The van der Waals surface area contributed by atoms with Crippen LogP contribution in [0.15, 0.2) is 42.5 Å². The summed E-state index contributed by atoms with van der Waals surface area (Å²) < 4.78 is 12.9. The summed E-state index contributed by atoms with van der Waals surface area (Å²) in [6, 6.07) is 14.2. The van der Waals surface area contributed by atoms with Gasteiger partial charge in [-0.05, 0) is 58.0 Å². The molecule has 0 spiro atoms. The third-order valence-electron chi connectivity index (χ3n) is 4.72. The van der Waals surface area contributed by atoms with Crippen molar-refractivity contribution in [1.29, 1.82) is 0 Å². The highest BCUT2D eigenvalue weighted by atomic mass is 16.6. The van der Waals surface area contributed by atoms with E-state index >= 15 is 0 Å². The molecule has 0 bridgehead atoms. The van der Waals surface area contributed by atoms with Crippen molar-refractivity contribution < 1.29 is 14.3 Å². The van der Waals surface area contributed by atoms with E-state index in [4.69, 9.17) is 9.47 Å². The molecule has 0 aliphatic carbocycles. The number of methoxy groups -OCH3 is 1. The highest BCUT2D eigenvalue weighted by Crippen LogP contribution is 2.41. The van der Waals surface area contributed by atoms with E-state index in [-0.39, 0.29) is 12.1 Å². The predicted octanol–water partition coefficient (Wildman–Crippen LogP) is 5.90. The van der Waals surface area contributed by atoms with Crippen LogP contribution < -0.4 is 15.4 Å². The molecule has 6 heteroatoms. The Morgan fingerprint density at radius 2 is 1.72 bits per heavy atom. The summed E-state index contributed by atoms with van der Waals surface area (Å²) in [5.74, 6) is 0.824. The van der Waals surface area contributed by atoms with Crippen molar-refractivity contribution in [2.24, 2.45) is 0 Å². The Labute approximate surface area is 171 Å². The molecule has 2 N–H and O–H groups in total. The molecule has 1 aromatic heterocycles. The minimum absolute atomic E-state index is 0.161. The number of nitrogens with zero attached hydrogens (tertiary/aromatic N) is 1. The van der Waals surface area contributed by atoms with Crippen molar-refractivity contribution in [2.45, 2.75) is 39.8 Å². The first kappa shape index (κ1) is 20.6. The Kier molecular flexibility index (Phi) is 6.01. The Balaban J connectivity index is 2.06. The monoisotopic (exact) mass is 395 g/mol. The van der Waals surface area contributed by atoms with E-state index < -0.39 is 6.09 Å². The number of aromatic nitrogens is 1. The summed E-state index contributed by atoms with van der Waals surface area (Å²) >= 11 is 0. The van der Waals surface area contributed by atoms with Gasteiger partial charge in [-0.2, -0.15) is 0 Å². The van der Waals surface area contributed by atoms with Crippen LogP contribution in [0.2, 0.25) is 0 Å². The number of rotatable bonds is 6. The molecule has 1 amide bonds. The summed E-state index contributed by atoms with van der Waals surface area (Å²) in [5, 5.41) is 7.23. The fraction of sp³-hybridized carbons (Fsp3) is 0.348. The first-order chi connectivity index (χ1) is 13.8. The lowest BCUT2D eigenvalue weighted by Crippen LogP contribution is -2.17. The van der Waals surface area contributed by atoms with Crippen molar-refractivity contribution in [3.05, 3.63) is 42.5 Å². The van der Waals surface area contributed by atoms with Gasteiger partial charge in [0.15, 0.2) is 0 Å². The van der Waals surface area contributed by atoms with E-state index in [0.29, 0.717) is 5.69 Å². The molecule has 3 rings (SSSR count). The summed E-state index contributed by atoms with van der Waals surface area (Å²) in [6.45, 7) is 7.98. The fourth-order valence-corrected chi connectivity index (χ4v) is 3.57. The molecule has 6 nitrogen and oxygen atoms in total. The van der Waals surface area contributed by atoms with Gasteiger partial charge in [0.25, 0.3) is 0 Å². The molecule has 0 saturated carbocycles. The molecule has 0 radical (unpaired) electrons. The van der Waals surface area contributed by atoms with Gasteiger partial charge in [-0.15, -0.1) is 0 Å². The second-order valence-electron chi connectivity index (χ2n) is 7.48. The normalized spacial score (nSPS) is 11.2. The number of hydrogen-bond donors (Lipinski definition) is 2. The minimum atomic E-state index is -0.452. The lowest BCUT2D eigenvalue weighted by atomic mass is 10.1. The van der Waals surface area contributed by atoms with Crippen LogP contribution in [0.3, 0.4) is 0 Å². The van der Waals surface area contributed by atoms with Crippen LogP contribution in [0, 0.1) is 0 Å². The van der Waals surface area contributed by atoms with Crippen LogP contribution in [-0.2, 0) is 4.74 Å². The van der Waals surface area contributed by atoms with E-state index in [1.54, 1.807) is 7.11 Å². The lowest BCUT2D eigenvalue weighted by molar-refractivity contribution is 0.130. The summed E-state index contributed by atoms with van der Waals surface area (Å²) in [5.41, 5.74) is 5.04. The second-order valence-corrected chi connectivity index (χ2v) is 7.48. The maximum Gasteiger partial charge on any atom is 0.411 e. The van der Waals surface area contributed by atoms with Gasteiger partial charge < -0.3 is 19.4 Å². The third-order valence-corrected chi connectivity index (χ3v) is 4.72. The zero-order chi connectivity index (χ0) is 21.1. The number of hydrogen-bond acceptors (Lipinski definition) is 4. The lowest BCUT2D eigenvalue weighted by Gasteiger charge is -2.16. The standard InChI is InChI=1S/C23H29N3O3/c1-14(2)26-20-12-11-18(28-6)13-19(20)21(24-5)22(26)16-7-9-17(10-8-16)25-23(27)29-15(3)4/h7-15,24H,1-6H3,(H,25,27). The van der Waals surface area contributed by atoms with Crippen LogP contribution in [0.5, 0.6) is 5.75 Å². The van der Waals surface area contributed by atoms with Gasteiger partial charge in [0, 0.05) is 29.7 Å². The van der Waals surface area contributed by atoms with Gasteiger partial charge in [-0.3, -0.25) is 5.32 Å². The summed E-state index contributed by atoms with van der Waals surface area (Å²) in [6.07, 6.45) is -0.613. The maximum absolute atomic E-state index is 11.8. The van der Waals surface area contributed by atoms with Crippen LogP contribution >= 0.6 is 0 Å². The van der Waals surface area contributed by atoms with Gasteiger partial charge in [-0.1, -0.05) is 12.1 Å². The molecule has 1 heterocycles. The quantitative estimate of drug-likeness (QED) is 0.546. The largest absolute Gasteiger partial charge is 0.497 e. The molecule has 2 aromatic carbocycles. The Hall–Kier alpha value is -3.15. The number of fused-ring (bicyclic) bond motifs is 1. The smallest absolute Gasteiger partial charge is 0.411 e. The zero-order valence-corrected chi connectivity index (χ0v) is 17.9. The van der Waals surface area contributed by atoms with Crippen molar-refractivity contribution in [3.63, 3.8) is 0 Å². The average molecular weight is 396 g/mol. The summed E-state index contributed by atoms with van der Waals surface area (Å²) in [4.78, 5) is 11.8. The Morgan fingerprint density at radius 3 is 2.28 bits per heavy atom. The first-order valence-corrected chi connectivity index (χ1v) is 9.83. The van der Waals surface area contributed by atoms with Gasteiger partial charge in [0.05, 0.1) is 30.1 Å². The molecular weight excluding hydrogens is 366 g/mol. The van der Waals surface area contributed by atoms with Crippen molar-refractivity contribution in [3.8, 4) is 17.0 Å². The molecule has 154 valence electrons. The van der Waals surface area contributed by atoms with Crippen LogP contribution in [-0.4, -0.2) is 30.9 Å². The third kappa shape index (κ3) is 4.16. The average Bonchev–Trinajstić information content (AvgIpc) is 3.01. The zero-order valence-electron chi connectivity index (χ0n) is 17.9. The number of ether oxygens (including phenoxy) is 2. The van der Waals surface area contributed by atoms with Crippen molar-refractivity contribution >= 4 is 28.4 Å². The fourth-order valence-electron chi connectivity index (χ4n) is 3.57. The molecule has 0 unspecified atom stereocenters. The highest BCUT2D eigenvalue weighted by molar-refractivity contribution is 6.03. The van der Waals surface area contributed by atoms with Gasteiger partial charge in [0.1, 0.15) is 5.75 Å². The number of nitrogens with one attached hydrogen (secondary N) is 2. The van der Waals surface area contributed by atoms with Crippen LogP contribution in [0.1, 0.15) is 33.7 Å². The van der Waals surface area contributed by atoms with Gasteiger partial charge in [0.2, 0.25) is 0 Å². The summed E-state index contributed by atoms with van der Waals surface area (Å²) in [7, 11) is 3.61. The van der Waals surface area contributed by atoms with Crippen LogP contribution in [0.4, 0.5) is 16.2 Å². The molecule has 3 aromatic rings. The minimum Gasteiger partial charge on any atom is -0.497 e. The molecule has 0 fully saturated rings. The van der Waals surface area contributed by atoms with E-state index in [1.165, 1.54) is 0 Å². The SMILES string of the molecule is CNc1c(-c2ccc(NC(=O)OC(C)C)cc2)n(C(C)C)c2ccc(OC)cc12. The first-order valence-electron chi connectivity index (χ1n) is 9.83. The van der Waals surface area contributed by atoms with Crippen molar-refractivity contribution in [1.82, 2.24) is 4.57 Å². The molecule has 0 atom stereocenters. The highest BCUT2D eigenvalue weighted by Gasteiger charge is 2.20. The molecular formula is C23H29N3O3. The van der Waals surface area contributed by atoms with E-state index in [1.807, 2.05) is 51.2 Å². The van der Waals surface area contributed by atoms with Gasteiger partial charge in [-0.25, -0.2) is 4.79 Å². The number of anilines is 2. The van der Waals surface area contributed by atoms with Gasteiger partial charge >= 0.3 is 6.09 Å². The van der Waals surface area contributed by atoms with E-state index in [9.17, 15) is 4.79 Å². The molecule has 0 saturated heterocycles. The van der Waals surface area contributed by atoms with Crippen LogP contribution in [0.25, 0.3) is 22.2 Å².